The van der Waals surface area contributed by atoms with Crippen LogP contribution >= 0.6 is 0 Å². The van der Waals surface area contributed by atoms with Gasteiger partial charge in [-0.25, -0.2) is 12.7 Å². The molecule has 0 spiro atoms. The molecule has 2 aliphatic rings. The summed E-state index contributed by atoms with van der Waals surface area (Å²) in [7, 11) is -3.25. The highest BCUT2D eigenvalue weighted by Gasteiger charge is 2.37. The highest BCUT2D eigenvalue weighted by atomic mass is 32.2. The third-order valence-electron chi connectivity index (χ3n) is 4.79. The first-order valence-electron chi connectivity index (χ1n) is 7.53. The molecule has 20 heavy (non-hydrogen) atoms. The number of hydrogen-bond acceptors (Lipinski definition) is 3. The second-order valence-corrected chi connectivity index (χ2v) is 8.61. The van der Waals surface area contributed by atoms with Crippen molar-refractivity contribution in [3.63, 3.8) is 0 Å². The zero-order valence-corrected chi connectivity index (χ0v) is 13.0. The average molecular weight is 303 g/mol. The van der Waals surface area contributed by atoms with Crippen molar-refractivity contribution in [1.82, 2.24) is 4.31 Å². The van der Waals surface area contributed by atoms with Crippen molar-refractivity contribution in [2.45, 2.75) is 51.9 Å². The summed E-state index contributed by atoms with van der Waals surface area (Å²) >= 11 is 0. The van der Waals surface area contributed by atoms with Crippen LogP contribution in [0.15, 0.2) is 0 Å². The number of aliphatic carboxylic acids is 1. The summed E-state index contributed by atoms with van der Waals surface area (Å²) in [6.45, 7) is 2.79. The molecule has 6 heteroatoms. The van der Waals surface area contributed by atoms with Crippen molar-refractivity contribution in [3.05, 3.63) is 0 Å². The van der Waals surface area contributed by atoms with E-state index >= 15 is 0 Å². The van der Waals surface area contributed by atoms with Crippen LogP contribution in [0.1, 0.15) is 51.9 Å². The number of carbonyl (C=O) groups is 1. The van der Waals surface area contributed by atoms with Crippen LogP contribution in [0.2, 0.25) is 0 Å². The quantitative estimate of drug-likeness (QED) is 0.863. The van der Waals surface area contributed by atoms with Crippen molar-refractivity contribution in [1.29, 1.82) is 0 Å². The van der Waals surface area contributed by atoms with Gasteiger partial charge in [0.1, 0.15) is 0 Å². The van der Waals surface area contributed by atoms with Crippen LogP contribution in [0.3, 0.4) is 0 Å². The molecule has 0 radical (unpaired) electrons. The Morgan fingerprint density at radius 1 is 1.20 bits per heavy atom. The number of carboxylic acid groups (broad SMARTS) is 1. The van der Waals surface area contributed by atoms with E-state index in [9.17, 15) is 13.2 Å². The smallest absolute Gasteiger partial charge is 0.306 e. The van der Waals surface area contributed by atoms with Crippen molar-refractivity contribution < 1.29 is 18.3 Å². The Balaban J connectivity index is 1.95. The van der Waals surface area contributed by atoms with E-state index in [0.29, 0.717) is 25.9 Å². The van der Waals surface area contributed by atoms with Crippen LogP contribution in [0.25, 0.3) is 0 Å². The molecule has 0 amide bonds. The molecule has 0 aromatic carbocycles. The van der Waals surface area contributed by atoms with Gasteiger partial charge in [-0.1, -0.05) is 26.2 Å². The van der Waals surface area contributed by atoms with E-state index < -0.39 is 16.0 Å². The second kappa shape index (κ2) is 6.02. The Morgan fingerprint density at radius 3 is 2.25 bits per heavy atom. The molecule has 0 unspecified atom stereocenters. The highest BCUT2D eigenvalue weighted by Crippen LogP contribution is 2.37. The number of sulfonamides is 1. The van der Waals surface area contributed by atoms with Crippen LogP contribution in [-0.4, -0.2) is 42.6 Å². The minimum Gasteiger partial charge on any atom is -0.481 e. The molecule has 1 saturated carbocycles. The van der Waals surface area contributed by atoms with Crippen molar-refractivity contribution >= 4 is 16.0 Å². The van der Waals surface area contributed by atoms with Crippen LogP contribution in [0.4, 0.5) is 0 Å². The number of piperidine rings is 1. The molecular weight excluding hydrogens is 278 g/mol. The maximum absolute atomic E-state index is 12.5. The number of hydrogen-bond donors (Lipinski definition) is 1. The third-order valence-corrected chi connectivity index (χ3v) is 7.00. The Hall–Kier alpha value is -0.620. The average Bonchev–Trinajstić information content (AvgIpc) is 2.38. The van der Waals surface area contributed by atoms with E-state index in [0.717, 1.165) is 25.7 Å². The molecule has 1 N–H and O–H groups in total. The molecule has 0 aromatic heterocycles. The van der Waals surface area contributed by atoms with Gasteiger partial charge in [-0.2, -0.15) is 0 Å². The lowest BCUT2D eigenvalue weighted by molar-refractivity contribution is -0.142. The first kappa shape index (κ1) is 15.8. The summed E-state index contributed by atoms with van der Waals surface area (Å²) in [6.07, 6.45) is 6.28. The monoisotopic (exact) mass is 303 g/mol. The van der Waals surface area contributed by atoms with Crippen molar-refractivity contribution in [3.8, 4) is 0 Å². The summed E-state index contributed by atoms with van der Waals surface area (Å²) in [5.41, 5.74) is -0.0965. The van der Waals surface area contributed by atoms with E-state index in [1.807, 2.05) is 0 Å². The Kier molecular flexibility index (Phi) is 4.74. The lowest BCUT2D eigenvalue weighted by atomic mass is 9.77. The predicted octanol–water partition coefficient (Wildman–Crippen LogP) is 2.08. The standard InChI is InChI=1S/C14H25NO4S/c1-14(7-3-2-4-8-14)11-20(18,19)15-9-5-12(6-10-15)13(16)17/h12H,2-11H2,1H3,(H,16,17). The molecule has 2 fully saturated rings. The fourth-order valence-electron chi connectivity index (χ4n) is 3.46. The maximum atomic E-state index is 12.5. The highest BCUT2D eigenvalue weighted by molar-refractivity contribution is 7.89. The van der Waals surface area contributed by atoms with Gasteiger partial charge >= 0.3 is 5.97 Å². The van der Waals surface area contributed by atoms with Crippen molar-refractivity contribution in [2.24, 2.45) is 11.3 Å². The predicted molar refractivity (Wildman–Crippen MR) is 76.9 cm³/mol. The van der Waals surface area contributed by atoms with Crippen molar-refractivity contribution in [2.75, 3.05) is 18.8 Å². The molecular formula is C14H25NO4S. The number of carboxylic acids is 1. The lowest BCUT2D eigenvalue weighted by Crippen LogP contribution is -2.44. The van der Waals surface area contributed by atoms with E-state index in [-0.39, 0.29) is 17.1 Å². The van der Waals surface area contributed by atoms with E-state index in [1.54, 1.807) is 0 Å². The molecule has 5 nitrogen and oxygen atoms in total. The summed E-state index contributed by atoms with van der Waals surface area (Å²) in [4.78, 5) is 10.9. The fourth-order valence-corrected chi connectivity index (χ4v) is 5.58. The van der Waals surface area contributed by atoms with Gasteiger partial charge in [-0.05, 0) is 31.1 Å². The molecule has 1 saturated heterocycles. The minimum atomic E-state index is -3.25. The molecule has 1 aliphatic heterocycles. The number of rotatable bonds is 4. The van der Waals surface area contributed by atoms with Gasteiger partial charge in [0.15, 0.2) is 0 Å². The lowest BCUT2D eigenvalue weighted by Gasteiger charge is -2.36. The van der Waals surface area contributed by atoms with Gasteiger partial charge in [-0.15, -0.1) is 0 Å². The van der Waals surface area contributed by atoms with Gasteiger partial charge in [0.25, 0.3) is 0 Å². The normalized spacial score (nSPS) is 25.4. The third kappa shape index (κ3) is 3.73. The van der Waals surface area contributed by atoms with Crippen LogP contribution < -0.4 is 0 Å². The van der Waals surface area contributed by atoms with Crippen LogP contribution in [0, 0.1) is 11.3 Å². The first-order chi connectivity index (χ1) is 9.32. The zero-order chi connectivity index (χ0) is 14.8. The molecule has 0 atom stereocenters. The zero-order valence-electron chi connectivity index (χ0n) is 12.2. The summed E-state index contributed by atoms with van der Waals surface area (Å²) < 4.78 is 26.5. The number of nitrogens with zero attached hydrogens (tertiary/aromatic N) is 1. The Bertz CT molecular complexity index is 446. The SMILES string of the molecule is CC1(CS(=O)(=O)N2CCC(C(=O)O)CC2)CCCCC1. The minimum absolute atomic E-state index is 0.0965. The first-order valence-corrected chi connectivity index (χ1v) is 9.14. The second-order valence-electron chi connectivity index (χ2n) is 6.64. The van der Waals surface area contributed by atoms with Gasteiger partial charge in [0.2, 0.25) is 10.0 Å². The van der Waals surface area contributed by atoms with Gasteiger partial charge < -0.3 is 5.11 Å². The fraction of sp³-hybridized carbons (Fsp3) is 0.929. The summed E-state index contributed by atoms with van der Waals surface area (Å²) in [6, 6.07) is 0. The maximum Gasteiger partial charge on any atom is 0.306 e. The van der Waals surface area contributed by atoms with Gasteiger partial charge in [-0.3, -0.25) is 4.79 Å². The van der Waals surface area contributed by atoms with Gasteiger partial charge in [0, 0.05) is 13.1 Å². The molecule has 0 bridgehead atoms. The topological polar surface area (TPSA) is 74.7 Å². The Labute approximate surface area is 121 Å². The largest absolute Gasteiger partial charge is 0.481 e. The molecule has 1 aliphatic carbocycles. The summed E-state index contributed by atoms with van der Waals surface area (Å²) in [5, 5.41) is 8.96. The van der Waals surface area contributed by atoms with Crippen LogP contribution in [0.5, 0.6) is 0 Å². The van der Waals surface area contributed by atoms with Crippen LogP contribution in [-0.2, 0) is 14.8 Å². The molecule has 0 aromatic rings. The Morgan fingerprint density at radius 2 is 1.75 bits per heavy atom. The molecule has 116 valence electrons. The van der Waals surface area contributed by atoms with Gasteiger partial charge in [0.05, 0.1) is 11.7 Å². The van der Waals surface area contributed by atoms with E-state index in [1.165, 1.54) is 10.7 Å². The van der Waals surface area contributed by atoms with E-state index in [4.69, 9.17) is 5.11 Å². The molecule has 2 rings (SSSR count). The van der Waals surface area contributed by atoms with E-state index in [2.05, 4.69) is 6.92 Å². The summed E-state index contributed by atoms with van der Waals surface area (Å²) in [5.74, 6) is -0.967. The molecule has 1 heterocycles.